The summed E-state index contributed by atoms with van der Waals surface area (Å²) in [6, 6.07) is -0.128. The monoisotopic (exact) mass is 220 g/mol. The summed E-state index contributed by atoms with van der Waals surface area (Å²) in [5, 5.41) is 6.82. The largest absolute Gasteiger partial charge is 0.394 e. The summed E-state index contributed by atoms with van der Waals surface area (Å²) in [4.78, 5) is 4.99. The zero-order valence-corrected chi connectivity index (χ0v) is 9.30. The fourth-order valence-corrected chi connectivity index (χ4v) is 2.65. The first kappa shape index (κ1) is 11.5. The number of nitrogens with zero attached hydrogens (tertiary/aromatic N) is 1. The van der Waals surface area contributed by atoms with Crippen molar-refractivity contribution in [3.63, 3.8) is 0 Å². The smallest absolute Gasteiger partial charge is 0.153 e. The molecule has 1 saturated heterocycles. The van der Waals surface area contributed by atoms with Crippen molar-refractivity contribution < 1.29 is 13.3 Å². The summed E-state index contributed by atoms with van der Waals surface area (Å²) in [6.07, 6.45) is 0. The van der Waals surface area contributed by atoms with Gasteiger partial charge in [-0.25, -0.2) is 8.42 Å². The van der Waals surface area contributed by atoms with Crippen molar-refractivity contribution in [2.24, 2.45) is 5.16 Å². The third-order valence-corrected chi connectivity index (χ3v) is 3.56. The Balaban J connectivity index is 2.35. The van der Waals surface area contributed by atoms with E-state index in [2.05, 4.69) is 10.5 Å². The average Bonchev–Trinajstić information content (AvgIpc) is 2.01. The lowest BCUT2D eigenvalue weighted by Crippen LogP contribution is -2.47. The van der Waals surface area contributed by atoms with Gasteiger partial charge in [0.1, 0.15) is 6.61 Å². The predicted octanol–water partition coefficient (Wildman–Crippen LogP) is -0.215. The van der Waals surface area contributed by atoms with Crippen molar-refractivity contribution in [2.75, 3.05) is 24.7 Å². The molecule has 5 nitrogen and oxygen atoms in total. The minimum atomic E-state index is -2.87. The van der Waals surface area contributed by atoms with E-state index in [0.29, 0.717) is 13.2 Å². The highest BCUT2D eigenvalue weighted by atomic mass is 32.2. The Hall–Kier alpha value is -0.620. The SMILES string of the molecule is CC(C)=NOC[C@H]1CS(=O)(=O)CCN1. The van der Waals surface area contributed by atoms with Gasteiger partial charge in [-0.2, -0.15) is 0 Å². The van der Waals surface area contributed by atoms with Crippen molar-refractivity contribution in [2.45, 2.75) is 19.9 Å². The molecule has 1 fully saturated rings. The van der Waals surface area contributed by atoms with Crippen molar-refractivity contribution >= 4 is 15.5 Å². The van der Waals surface area contributed by atoms with Gasteiger partial charge >= 0.3 is 0 Å². The van der Waals surface area contributed by atoms with Gasteiger partial charge in [0.05, 0.1) is 23.3 Å². The zero-order chi connectivity index (χ0) is 10.6. The third-order valence-electron chi connectivity index (χ3n) is 1.82. The Morgan fingerprint density at radius 1 is 1.57 bits per heavy atom. The number of nitrogens with one attached hydrogen (secondary N) is 1. The standard InChI is InChI=1S/C8H16N2O3S/c1-7(2)10-13-5-8-6-14(11,12)4-3-9-8/h8-9H,3-6H2,1-2H3/t8-/m0/s1. The Labute approximate surface area is 84.4 Å². The van der Waals surface area contributed by atoms with Gasteiger partial charge < -0.3 is 10.2 Å². The third kappa shape index (κ3) is 4.06. The van der Waals surface area contributed by atoms with E-state index in [1.54, 1.807) is 0 Å². The first-order chi connectivity index (χ1) is 6.49. The minimum absolute atomic E-state index is 0.128. The van der Waals surface area contributed by atoms with Crippen LogP contribution in [0.2, 0.25) is 0 Å². The summed E-state index contributed by atoms with van der Waals surface area (Å²) < 4.78 is 22.5. The van der Waals surface area contributed by atoms with Crippen molar-refractivity contribution in [3.8, 4) is 0 Å². The number of rotatable bonds is 3. The molecule has 0 aromatic heterocycles. The molecule has 0 saturated carbocycles. The van der Waals surface area contributed by atoms with Crippen molar-refractivity contribution in [1.82, 2.24) is 5.32 Å². The normalized spacial score (nSPS) is 25.4. The molecule has 82 valence electrons. The van der Waals surface area contributed by atoms with E-state index in [0.717, 1.165) is 5.71 Å². The lowest BCUT2D eigenvalue weighted by Gasteiger charge is -2.22. The van der Waals surface area contributed by atoms with Crippen LogP contribution in [0.15, 0.2) is 5.16 Å². The maximum absolute atomic E-state index is 11.2. The molecule has 0 bridgehead atoms. The second-order valence-electron chi connectivity index (χ2n) is 3.60. The molecule has 1 N–H and O–H groups in total. The van der Waals surface area contributed by atoms with E-state index in [4.69, 9.17) is 4.84 Å². The Morgan fingerprint density at radius 3 is 2.86 bits per heavy atom. The lowest BCUT2D eigenvalue weighted by molar-refractivity contribution is 0.124. The first-order valence-electron chi connectivity index (χ1n) is 4.56. The highest BCUT2D eigenvalue weighted by Gasteiger charge is 2.24. The van der Waals surface area contributed by atoms with Gasteiger partial charge in [-0.15, -0.1) is 0 Å². The molecular weight excluding hydrogens is 204 g/mol. The Bertz CT molecular complexity index is 307. The molecule has 1 aliphatic heterocycles. The van der Waals surface area contributed by atoms with Crippen LogP contribution in [0.5, 0.6) is 0 Å². The van der Waals surface area contributed by atoms with Gasteiger partial charge in [0, 0.05) is 6.54 Å². The molecule has 0 amide bonds. The molecule has 1 atom stereocenters. The zero-order valence-electron chi connectivity index (χ0n) is 8.49. The summed E-state index contributed by atoms with van der Waals surface area (Å²) in [5.41, 5.74) is 0.823. The molecule has 1 rings (SSSR count). The number of hydrogen-bond donors (Lipinski definition) is 1. The van der Waals surface area contributed by atoms with Gasteiger partial charge in [-0.1, -0.05) is 5.16 Å². The van der Waals surface area contributed by atoms with E-state index in [-0.39, 0.29) is 17.5 Å². The second kappa shape index (κ2) is 4.75. The number of sulfone groups is 1. The molecule has 14 heavy (non-hydrogen) atoms. The quantitative estimate of drug-likeness (QED) is 0.527. The van der Waals surface area contributed by atoms with Gasteiger partial charge in [-0.3, -0.25) is 0 Å². The molecule has 0 unspecified atom stereocenters. The minimum Gasteiger partial charge on any atom is -0.394 e. The molecule has 1 heterocycles. The summed E-state index contributed by atoms with van der Waals surface area (Å²) in [7, 11) is -2.87. The van der Waals surface area contributed by atoms with Crippen LogP contribution >= 0.6 is 0 Å². The highest BCUT2D eigenvalue weighted by Crippen LogP contribution is 2.01. The predicted molar refractivity (Wildman–Crippen MR) is 55.2 cm³/mol. The topological polar surface area (TPSA) is 67.8 Å². The van der Waals surface area contributed by atoms with Crippen LogP contribution in [-0.4, -0.2) is 44.8 Å². The highest BCUT2D eigenvalue weighted by molar-refractivity contribution is 7.91. The van der Waals surface area contributed by atoms with E-state index >= 15 is 0 Å². The van der Waals surface area contributed by atoms with Crippen molar-refractivity contribution in [1.29, 1.82) is 0 Å². The molecule has 0 spiro atoms. The molecule has 1 aliphatic rings. The van der Waals surface area contributed by atoms with E-state index < -0.39 is 9.84 Å². The number of oxime groups is 1. The van der Waals surface area contributed by atoms with Crippen LogP contribution in [-0.2, 0) is 14.7 Å². The molecule has 0 aliphatic carbocycles. The second-order valence-corrected chi connectivity index (χ2v) is 5.83. The van der Waals surface area contributed by atoms with Crippen LogP contribution in [0.4, 0.5) is 0 Å². The summed E-state index contributed by atoms with van der Waals surface area (Å²) in [5.74, 6) is 0.366. The molecular formula is C8H16N2O3S. The molecule has 0 aromatic carbocycles. The lowest BCUT2D eigenvalue weighted by atomic mass is 10.3. The molecule has 0 radical (unpaired) electrons. The number of hydrogen-bond acceptors (Lipinski definition) is 5. The average molecular weight is 220 g/mol. The summed E-state index contributed by atoms with van der Waals surface area (Å²) in [6.45, 7) is 4.46. The van der Waals surface area contributed by atoms with Gasteiger partial charge in [0.25, 0.3) is 0 Å². The van der Waals surface area contributed by atoms with Gasteiger partial charge in [0.2, 0.25) is 0 Å². The molecule has 0 aromatic rings. The Kier molecular flexibility index (Phi) is 3.88. The maximum atomic E-state index is 11.2. The van der Waals surface area contributed by atoms with E-state index in [1.807, 2.05) is 13.8 Å². The molecule has 6 heteroatoms. The van der Waals surface area contributed by atoms with Gasteiger partial charge in [0.15, 0.2) is 9.84 Å². The fraction of sp³-hybridized carbons (Fsp3) is 0.875. The van der Waals surface area contributed by atoms with Crippen LogP contribution in [0, 0.1) is 0 Å². The maximum Gasteiger partial charge on any atom is 0.153 e. The first-order valence-corrected chi connectivity index (χ1v) is 6.39. The van der Waals surface area contributed by atoms with E-state index in [1.165, 1.54) is 0 Å². The fourth-order valence-electron chi connectivity index (χ4n) is 1.23. The van der Waals surface area contributed by atoms with Crippen molar-refractivity contribution in [3.05, 3.63) is 0 Å². The van der Waals surface area contributed by atoms with Crippen LogP contribution in [0.25, 0.3) is 0 Å². The van der Waals surface area contributed by atoms with Crippen LogP contribution in [0.3, 0.4) is 0 Å². The van der Waals surface area contributed by atoms with Crippen LogP contribution < -0.4 is 5.32 Å². The van der Waals surface area contributed by atoms with E-state index in [9.17, 15) is 8.42 Å². The Morgan fingerprint density at radius 2 is 2.29 bits per heavy atom. The van der Waals surface area contributed by atoms with Crippen LogP contribution in [0.1, 0.15) is 13.8 Å². The summed E-state index contributed by atoms with van der Waals surface area (Å²) >= 11 is 0. The van der Waals surface area contributed by atoms with Gasteiger partial charge in [-0.05, 0) is 13.8 Å².